The van der Waals surface area contributed by atoms with Gasteiger partial charge in [-0.2, -0.15) is 13.7 Å². The Hall–Kier alpha value is -3.63. The van der Waals surface area contributed by atoms with Gasteiger partial charge in [-0.05, 0) is 24.8 Å². The molecular formula is C25H28N6O8S3. The lowest BCUT2D eigenvalue weighted by atomic mass is 10.1. The quantitative estimate of drug-likeness (QED) is 0.0395. The predicted molar refractivity (Wildman–Crippen MR) is 158 cm³/mol. The van der Waals surface area contributed by atoms with Gasteiger partial charge in [0.2, 0.25) is 0 Å². The number of hydrogen-bond acceptors (Lipinski definition) is 14. The third kappa shape index (κ3) is 8.01. The Morgan fingerprint density at radius 2 is 1.79 bits per heavy atom. The summed E-state index contributed by atoms with van der Waals surface area (Å²) in [5.74, 6) is 0.0807. The van der Waals surface area contributed by atoms with Gasteiger partial charge in [0.05, 0.1) is 23.4 Å². The Bertz CT molecular complexity index is 1760. The third-order valence-electron chi connectivity index (χ3n) is 5.91. The number of nitrogens with zero attached hydrogens (tertiary/aromatic N) is 4. The van der Waals surface area contributed by atoms with E-state index in [0.29, 0.717) is 29.5 Å². The maximum Gasteiger partial charge on any atom is 0.296 e. The fourth-order valence-corrected chi connectivity index (χ4v) is 5.63. The molecule has 1 aromatic heterocycles. The first-order chi connectivity index (χ1) is 20.0. The van der Waals surface area contributed by atoms with Crippen LogP contribution in [0.1, 0.15) is 30.9 Å². The summed E-state index contributed by atoms with van der Waals surface area (Å²) in [7, 11) is -8.33. The summed E-state index contributed by atoms with van der Waals surface area (Å²) in [5, 5.41) is 38.2. The molecule has 0 aliphatic heterocycles. The van der Waals surface area contributed by atoms with Gasteiger partial charge in [-0.15, -0.1) is 14.6 Å². The molecule has 14 nitrogen and oxygen atoms in total. The van der Waals surface area contributed by atoms with Crippen molar-refractivity contribution in [3.63, 3.8) is 0 Å². The zero-order valence-electron chi connectivity index (χ0n) is 22.6. The van der Waals surface area contributed by atoms with E-state index in [1.807, 2.05) is 13.0 Å². The molecule has 0 aliphatic rings. The number of unbranched alkanes of at least 4 members (excludes halogenated alkanes) is 1. The Morgan fingerprint density at radius 3 is 2.40 bits per heavy atom. The summed E-state index contributed by atoms with van der Waals surface area (Å²) < 4.78 is 62.9. The van der Waals surface area contributed by atoms with Gasteiger partial charge in [-0.25, -0.2) is 18.7 Å². The molecule has 17 heteroatoms. The van der Waals surface area contributed by atoms with Gasteiger partial charge in [0.25, 0.3) is 10.1 Å². The largest absolute Gasteiger partial charge is 0.368 e. The first-order valence-corrected chi connectivity index (χ1v) is 16.2. The van der Waals surface area contributed by atoms with Crippen LogP contribution in [0.2, 0.25) is 0 Å². The van der Waals surface area contributed by atoms with Crippen molar-refractivity contribution in [3.8, 4) is 6.07 Å². The zero-order chi connectivity index (χ0) is 30.9. The molecule has 224 valence electrons. The summed E-state index contributed by atoms with van der Waals surface area (Å²) in [5.41, 5.74) is 0.348. The summed E-state index contributed by atoms with van der Waals surface area (Å²) in [6, 6.07) is 9.62. The molecule has 0 amide bonds. The number of rotatable bonds is 15. The van der Waals surface area contributed by atoms with Crippen molar-refractivity contribution in [2.24, 2.45) is 10.2 Å². The molecule has 0 saturated heterocycles. The number of pyridine rings is 1. The lowest BCUT2D eigenvalue weighted by Gasteiger charge is -2.16. The van der Waals surface area contributed by atoms with Gasteiger partial charge < -0.3 is 10.6 Å². The van der Waals surface area contributed by atoms with Crippen molar-refractivity contribution >= 4 is 65.8 Å². The van der Waals surface area contributed by atoms with Crippen LogP contribution in [-0.2, 0) is 29.3 Å². The fourth-order valence-electron chi connectivity index (χ4n) is 3.81. The van der Waals surface area contributed by atoms with Crippen LogP contribution in [-0.4, -0.2) is 50.5 Å². The van der Waals surface area contributed by atoms with E-state index >= 15 is 0 Å². The van der Waals surface area contributed by atoms with Crippen LogP contribution in [0, 0.1) is 18.3 Å². The van der Waals surface area contributed by atoms with E-state index in [0.717, 1.165) is 24.3 Å². The number of benzene rings is 2. The van der Waals surface area contributed by atoms with Crippen molar-refractivity contribution in [3.05, 3.63) is 53.4 Å². The fraction of sp³-hybridized carbons (Fsp3) is 0.280. The molecule has 1 heterocycles. The number of nitriles is 1. The van der Waals surface area contributed by atoms with E-state index in [2.05, 4.69) is 41.8 Å². The molecule has 0 spiro atoms. The summed E-state index contributed by atoms with van der Waals surface area (Å²) in [6.07, 6.45) is 1.64. The molecule has 0 radical (unpaired) electrons. The average molecular weight is 637 g/mol. The predicted octanol–water partition coefficient (Wildman–Crippen LogP) is 5.69. The number of nitrogens with one attached hydrogen (secondary N) is 2. The molecule has 4 N–H and O–H groups in total. The van der Waals surface area contributed by atoms with Crippen LogP contribution in [0.15, 0.2) is 62.3 Å². The molecule has 0 saturated carbocycles. The topological polar surface area (TPSA) is 213 Å². The minimum atomic E-state index is -4.83. The highest BCUT2D eigenvalue weighted by atomic mass is 32.2. The maximum absolute atomic E-state index is 12.4. The lowest BCUT2D eigenvalue weighted by molar-refractivity contribution is -0.432. The normalized spacial score (nSPS) is 12.0. The minimum absolute atomic E-state index is 0.0379. The number of azo groups is 1. The van der Waals surface area contributed by atoms with Gasteiger partial charge in [-0.3, -0.25) is 4.55 Å². The Kier molecular flexibility index (Phi) is 11.4. The molecule has 3 aromatic rings. The van der Waals surface area contributed by atoms with Crippen LogP contribution < -0.4 is 10.6 Å². The van der Waals surface area contributed by atoms with Gasteiger partial charge >= 0.3 is 0 Å². The van der Waals surface area contributed by atoms with Crippen molar-refractivity contribution < 1.29 is 36.0 Å². The van der Waals surface area contributed by atoms with Crippen LogP contribution in [0.3, 0.4) is 0 Å². The summed E-state index contributed by atoms with van der Waals surface area (Å²) in [4.78, 5) is 4.06. The van der Waals surface area contributed by atoms with Gasteiger partial charge in [0.15, 0.2) is 15.7 Å². The van der Waals surface area contributed by atoms with E-state index in [1.54, 1.807) is 31.2 Å². The first kappa shape index (κ1) is 32.9. The average Bonchev–Trinajstić information content (AvgIpc) is 2.95. The monoisotopic (exact) mass is 636 g/mol. The minimum Gasteiger partial charge on any atom is -0.368 e. The molecule has 0 aliphatic carbocycles. The van der Waals surface area contributed by atoms with E-state index in [9.17, 15) is 26.7 Å². The Morgan fingerprint density at radius 1 is 1.12 bits per heavy atom. The molecular weight excluding hydrogens is 609 g/mol. The van der Waals surface area contributed by atoms with Gasteiger partial charge in [0.1, 0.15) is 28.2 Å². The first-order valence-electron chi connectivity index (χ1n) is 12.3. The van der Waals surface area contributed by atoms with Crippen LogP contribution in [0.4, 0.5) is 23.0 Å². The van der Waals surface area contributed by atoms with Crippen molar-refractivity contribution in [1.29, 1.82) is 5.26 Å². The highest BCUT2D eigenvalue weighted by Crippen LogP contribution is 2.42. The molecule has 0 bridgehead atoms. The van der Waals surface area contributed by atoms with Crippen LogP contribution in [0.25, 0.3) is 10.8 Å². The standard InChI is InChI=1S/C25H28N6O8S3/c1-4-6-11-27-25-22(16(3)19(15-26)24(29-25)28-12-13-41(33,34)5-2)30-31-23-18-10-8-7-9-17(18)20(40-39-38-32)14-21(23)42(35,36)37/h5,7-10,14,32H,2,4,6,11-13H2,1,3H3,(H2,27,28,29)(H,35,36,37)/b31-30+. The maximum atomic E-state index is 12.4. The second kappa shape index (κ2) is 14.5. The highest BCUT2D eigenvalue weighted by Gasteiger charge is 2.23. The zero-order valence-corrected chi connectivity index (χ0v) is 25.0. The summed E-state index contributed by atoms with van der Waals surface area (Å²) >= 11 is 0.509. The highest BCUT2D eigenvalue weighted by molar-refractivity contribution is 7.95. The van der Waals surface area contributed by atoms with E-state index in [-0.39, 0.29) is 51.2 Å². The number of fused-ring (bicyclic) bond motifs is 1. The van der Waals surface area contributed by atoms with Crippen molar-refractivity contribution in [2.45, 2.75) is 36.5 Å². The molecule has 0 unspecified atom stereocenters. The SMILES string of the molecule is C=CS(=O)(=O)CCNc1nc(NCCCC)c(/N=N/c2c(S(=O)(=O)O)cc(SOOO)c3ccccc23)c(C)c1C#N. The Balaban J connectivity index is 2.20. The van der Waals surface area contributed by atoms with Crippen LogP contribution in [0.5, 0.6) is 0 Å². The smallest absolute Gasteiger partial charge is 0.296 e. The van der Waals surface area contributed by atoms with Gasteiger partial charge in [-0.1, -0.05) is 49.2 Å². The summed E-state index contributed by atoms with van der Waals surface area (Å²) in [6.45, 7) is 7.32. The second-order valence-corrected chi connectivity index (χ2v) is 12.9. The van der Waals surface area contributed by atoms with E-state index in [1.165, 1.54) is 0 Å². The van der Waals surface area contributed by atoms with Crippen molar-refractivity contribution in [2.75, 3.05) is 29.5 Å². The second-order valence-electron chi connectivity index (χ2n) is 8.68. The van der Waals surface area contributed by atoms with E-state index < -0.39 is 24.9 Å². The lowest BCUT2D eigenvalue weighted by Crippen LogP contribution is -2.16. The van der Waals surface area contributed by atoms with E-state index in [4.69, 9.17) is 5.26 Å². The molecule has 0 fully saturated rings. The van der Waals surface area contributed by atoms with Gasteiger partial charge in [0, 0.05) is 34.3 Å². The Labute approximate surface area is 247 Å². The molecule has 3 rings (SSSR count). The number of anilines is 2. The number of aromatic nitrogens is 1. The number of hydrogen-bond donors (Lipinski definition) is 4. The molecule has 2 aromatic carbocycles. The number of sulfone groups is 1. The molecule has 42 heavy (non-hydrogen) atoms. The van der Waals surface area contributed by atoms with Crippen LogP contribution >= 0.6 is 12.0 Å². The molecule has 0 atom stereocenters. The van der Waals surface area contributed by atoms with Crippen molar-refractivity contribution in [1.82, 2.24) is 4.98 Å². The third-order valence-corrected chi connectivity index (χ3v) is 8.70.